The van der Waals surface area contributed by atoms with Gasteiger partial charge < -0.3 is 4.90 Å². The van der Waals surface area contributed by atoms with Crippen LogP contribution in [0.25, 0.3) is 10.8 Å². The van der Waals surface area contributed by atoms with Crippen LogP contribution < -0.4 is 0 Å². The zero-order valence-electron chi connectivity index (χ0n) is 12.4. The van der Waals surface area contributed by atoms with E-state index in [4.69, 9.17) is 0 Å². The van der Waals surface area contributed by atoms with Crippen molar-refractivity contribution in [2.75, 3.05) is 13.6 Å². The molecule has 0 saturated carbocycles. The van der Waals surface area contributed by atoms with E-state index in [0.29, 0.717) is 0 Å². The monoisotopic (exact) mass is 255 g/mol. The molecule has 0 saturated heterocycles. The van der Waals surface area contributed by atoms with Gasteiger partial charge >= 0.3 is 0 Å². The first kappa shape index (κ1) is 14.1. The van der Waals surface area contributed by atoms with Crippen molar-refractivity contribution in [2.24, 2.45) is 5.92 Å². The van der Waals surface area contributed by atoms with Gasteiger partial charge in [-0.1, -0.05) is 50.2 Å². The van der Waals surface area contributed by atoms with Crippen LogP contribution in [0.3, 0.4) is 0 Å². The van der Waals surface area contributed by atoms with E-state index in [2.05, 4.69) is 68.3 Å². The van der Waals surface area contributed by atoms with Gasteiger partial charge in [-0.3, -0.25) is 0 Å². The molecule has 0 bridgehead atoms. The van der Waals surface area contributed by atoms with Gasteiger partial charge in [0.2, 0.25) is 0 Å². The highest BCUT2D eigenvalue weighted by atomic mass is 15.1. The lowest BCUT2D eigenvalue weighted by atomic mass is 10.1. The quantitative estimate of drug-likeness (QED) is 0.722. The Morgan fingerprint density at radius 1 is 1.00 bits per heavy atom. The second-order valence-electron chi connectivity index (χ2n) is 5.96. The van der Waals surface area contributed by atoms with Crippen LogP contribution in [-0.2, 0) is 6.54 Å². The molecule has 0 amide bonds. The highest BCUT2D eigenvalue weighted by Gasteiger charge is 2.02. The van der Waals surface area contributed by atoms with Crippen molar-refractivity contribution in [3.8, 4) is 0 Å². The van der Waals surface area contributed by atoms with E-state index in [9.17, 15) is 0 Å². The Bertz CT molecular complexity index is 516. The van der Waals surface area contributed by atoms with Crippen LogP contribution in [0, 0.1) is 5.92 Å². The second kappa shape index (κ2) is 6.72. The number of rotatable bonds is 6. The van der Waals surface area contributed by atoms with Gasteiger partial charge in [0.05, 0.1) is 0 Å². The fourth-order valence-corrected chi connectivity index (χ4v) is 2.50. The Balaban J connectivity index is 1.93. The van der Waals surface area contributed by atoms with Gasteiger partial charge in [0, 0.05) is 6.54 Å². The minimum atomic E-state index is 0.814. The standard InChI is InChI=1S/C18H25N/c1-15(2)7-6-12-19(3)14-16-10-11-17-8-4-5-9-18(17)13-16/h4-5,8-11,13,15H,6-7,12,14H2,1-3H3. The van der Waals surface area contributed by atoms with Crippen molar-refractivity contribution in [3.63, 3.8) is 0 Å². The van der Waals surface area contributed by atoms with Crippen molar-refractivity contribution in [3.05, 3.63) is 48.0 Å². The van der Waals surface area contributed by atoms with Gasteiger partial charge in [0.15, 0.2) is 0 Å². The fourth-order valence-electron chi connectivity index (χ4n) is 2.50. The smallest absolute Gasteiger partial charge is 0.0230 e. The predicted octanol–water partition coefficient (Wildman–Crippen LogP) is 4.71. The molecule has 1 nitrogen and oxygen atoms in total. The molecule has 0 unspecified atom stereocenters. The molecule has 0 aliphatic rings. The van der Waals surface area contributed by atoms with Crippen LogP contribution >= 0.6 is 0 Å². The number of nitrogens with zero attached hydrogens (tertiary/aromatic N) is 1. The summed E-state index contributed by atoms with van der Waals surface area (Å²) >= 11 is 0. The first-order valence-corrected chi connectivity index (χ1v) is 7.31. The van der Waals surface area contributed by atoms with Crippen molar-refractivity contribution >= 4 is 10.8 Å². The Kier molecular flexibility index (Phi) is 4.98. The van der Waals surface area contributed by atoms with Crippen LogP contribution in [0.4, 0.5) is 0 Å². The SMILES string of the molecule is CC(C)CCCN(C)Cc1ccc2ccccc2c1. The van der Waals surface area contributed by atoms with Gasteiger partial charge in [-0.05, 0) is 54.8 Å². The summed E-state index contributed by atoms with van der Waals surface area (Å²) in [4.78, 5) is 2.42. The van der Waals surface area contributed by atoms with Gasteiger partial charge in [0.1, 0.15) is 0 Å². The number of hydrogen-bond acceptors (Lipinski definition) is 1. The molecule has 0 aromatic heterocycles. The van der Waals surface area contributed by atoms with Crippen molar-refractivity contribution < 1.29 is 0 Å². The summed E-state index contributed by atoms with van der Waals surface area (Å²) < 4.78 is 0. The van der Waals surface area contributed by atoms with E-state index in [1.54, 1.807) is 0 Å². The lowest BCUT2D eigenvalue weighted by Crippen LogP contribution is -2.19. The van der Waals surface area contributed by atoms with Crippen molar-refractivity contribution in [2.45, 2.75) is 33.2 Å². The molecule has 102 valence electrons. The third-order valence-corrected chi connectivity index (χ3v) is 3.59. The molecule has 1 heteroatoms. The summed E-state index contributed by atoms with van der Waals surface area (Å²) in [6.45, 7) is 6.82. The summed E-state index contributed by atoms with van der Waals surface area (Å²) in [6, 6.07) is 15.4. The predicted molar refractivity (Wildman–Crippen MR) is 84.4 cm³/mol. The van der Waals surface area contributed by atoms with Crippen molar-refractivity contribution in [1.29, 1.82) is 0 Å². The van der Waals surface area contributed by atoms with E-state index >= 15 is 0 Å². The fraction of sp³-hybridized carbons (Fsp3) is 0.444. The van der Waals surface area contributed by atoms with Crippen LogP contribution in [0.2, 0.25) is 0 Å². The van der Waals surface area contributed by atoms with Crippen LogP contribution in [0.5, 0.6) is 0 Å². The maximum absolute atomic E-state index is 2.42. The van der Waals surface area contributed by atoms with Crippen LogP contribution in [0.15, 0.2) is 42.5 Å². The number of hydrogen-bond donors (Lipinski definition) is 0. The molecular weight excluding hydrogens is 230 g/mol. The molecule has 2 aromatic rings. The molecule has 0 N–H and O–H groups in total. The normalized spacial score (nSPS) is 11.6. The zero-order valence-corrected chi connectivity index (χ0v) is 12.4. The molecule has 0 aliphatic carbocycles. The van der Waals surface area contributed by atoms with Gasteiger partial charge in [-0.15, -0.1) is 0 Å². The van der Waals surface area contributed by atoms with Crippen LogP contribution in [-0.4, -0.2) is 18.5 Å². The Hall–Kier alpha value is -1.34. The molecule has 0 atom stereocenters. The molecule has 2 aromatic carbocycles. The largest absolute Gasteiger partial charge is 0.302 e. The summed E-state index contributed by atoms with van der Waals surface area (Å²) in [5.74, 6) is 0.814. The van der Waals surface area contributed by atoms with E-state index in [1.807, 2.05) is 0 Å². The second-order valence-corrected chi connectivity index (χ2v) is 5.96. The molecule has 0 fully saturated rings. The first-order chi connectivity index (χ1) is 9.15. The van der Waals surface area contributed by atoms with Gasteiger partial charge in [-0.2, -0.15) is 0 Å². The number of benzene rings is 2. The molecule has 0 aliphatic heterocycles. The first-order valence-electron chi connectivity index (χ1n) is 7.31. The average Bonchev–Trinajstić information content (AvgIpc) is 2.38. The van der Waals surface area contributed by atoms with Crippen molar-refractivity contribution in [1.82, 2.24) is 4.90 Å². The maximum Gasteiger partial charge on any atom is 0.0230 e. The number of fused-ring (bicyclic) bond motifs is 1. The minimum Gasteiger partial charge on any atom is -0.302 e. The summed E-state index contributed by atoms with van der Waals surface area (Å²) in [5, 5.41) is 2.67. The molecule has 2 rings (SSSR count). The van der Waals surface area contributed by atoms with Gasteiger partial charge in [-0.25, -0.2) is 0 Å². The third kappa shape index (κ3) is 4.36. The summed E-state index contributed by atoms with van der Waals surface area (Å²) in [6.07, 6.45) is 2.61. The summed E-state index contributed by atoms with van der Waals surface area (Å²) in [5.41, 5.74) is 1.41. The maximum atomic E-state index is 2.42. The Labute approximate surface area is 117 Å². The highest BCUT2D eigenvalue weighted by Crippen LogP contribution is 2.16. The Morgan fingerprint density at radius 2 is 1.74 bits per heavy atom. The topological polar surface area (TPSA) is 3.24 Å². The highest BCUT2D eigenvalue weighted by molar-refractivity contribution is 5.82. The third-order valence-electron chi connectivity index (χ3n) is 3.59. The summed E-state index contributed by atoms with van der Waals surface area (Å²) in [7, 11) is 2.22. The molecule has 0 radical (unpaired) electrons. The van der Waals surface area contributed by atoms with Gasteiger partial charge in [0.25, 0.3) is 0 Å². The average molecular weight is 255 g/mol. The Morgan fingerprint density at radius 3 is 2.47 bits per heavy atom. The lowest BCUT2D eigenvalue weighted by molar-refractivity contribution is 0.311. The zero-order chi connectivity index (χ0) is 13.7. The van der Waals surface area contributed by atoms with E-state index in [-0.39, 0.29) is 0 Å². The lowest BCUT2D eigenvalue weighted by Gasteiger charge is -2.17. The molecular formula is C18H25N. The van der Waals surface area contributed by atoms with E-state index < -0.39 is 0 Å². The minimum absolute atomic E-state index is 0.814. The molecule has 0 spiro atoms. The molecule has 0 heterocycles. The van der Waals surface area contributed by atoms with E-state index in [1.165, 1.54) is 35.7 Å². The van der Waals surface area contributed by atoms with E-state index in [0.717, 1.165) is 12.5 Å². The van der Waals surface area contributed by atoms with Crippen LogP contribution in [0.1, 0.15) is 32.3 Å². The molecule has 19 heavy (non-hydrogen) atoms.